The Labute approximate surface area is 129 Å². The molecule has 118 valence electrons. The first-order chi connectivity index (χ1) is 10.5. The number of H-pyrrole nitrogens is 1. The highest BCUT2D eigenvalue weighted by atomic mass is 32.2. The SMILES string of the molecule is CN(C)S(=O)(=O)N1CCC[C@H]1c1nccnc1-c1ncc[nH]1. The van der Waals surface area contributed by atoms with Gasteiger partial charge in [0.2, 0.25) is 0 Å². The molecular formula is C13H18N6O2S. The van der Waals surface area contributed by atoms with Gasteiger partial charge in [0.25, 0.3) is 10.2 Å². The molecule has 3 rings (SSSR count). The maximum atomic E-state index is 12.5. The van der Waals surface area contributed by atoms with E-state index in [0.717, 1.165) is 12.8 Å². The smallest absolute Gasteiger partial charge is 0.282 e. The largest absolute Gasteiger partial charge is 0.343 e. The van der Waals surface area contributed by atoms with Gasteiger partial charge in [0.15, 0.2) is 5.82 Å². The summed E-state index contributed by atoms with van der Waals surface area (Å²) in [6, 6.07) is -0.318. The van der Waals surface area contributed by atoms with Gasteiger partial charge in [-0.25, -0.2) is 9.97 Å². The third-order valence-corrected chi connectivity index (χ3v) is 5.68. The summed E-state index contributed by atoms with van der Waals surface area (Å²) in [6.07, 6.45) is 8.03. The van der Waals surface area contributed by atoms with Crippen LogP contribution in [0.2, 0.25) is 0 Å². The van der Waals surface area contributed by atoms with Gasteiger partial charge in [-0.05, 0) is 12.8 Å². The quantitative estimate of drug-likeness (QED) is 0.899. The molecule has 0 radical (unpaired) electrons. The minimum absolute atomic E-state index is 0.318. The van der Waals surface area contributed by atoms with Gasteiger partial charge in [-0.15, -0.1) is 0 Å². The third kappa shape index (κ3) is 2.51. The highest BCUT2D eigenvalue weighted by molar-refractivity contribution is 7.86. The molecule has 1 saturated heterocycles. The fourth-order valence-corrected chi connectivity index (χ4v) is 3.98. The number of aromatic amines is 1. The van der Waals surface area contributed by atoms with Crippen LogP contribution < -0.4 is 0 Å². The maximum Gasteiger partial charge on any atom is 0.282 e. The van der Waals surface area contributed by atoms with Crippen LogP contribution in [-0.4, -0.2) is 57.6 Å². The number of hydrogen-bond acceptors (Lipinski definition) is 5. The lowest BCUT2D eigenvalue weighted by molar-refractivity contribution is 0.358. The van der Waals surface area contributed by atoms with E-state index in [0.29, 0.717) is 23.8 Å². The molecule has 1 atom stereocenters. The lowest BCUT2D eigenvalue weighted by Gasteiger charge is -2.27. The molecule has 1 aliphatic rings. The molecule has 0 aliphatic carbocycles. The van der Waals surface area contributed by atoms with Gasteiger partial charge in [-0.1, -0.05) is 0 Å². The molecule has 2 aromatic rings. The Morgan fingerprint density at radius 1 is 1.23 bits per heavy atom. The topological polar surface area (TPSA) is 95.1 Å². The van der Waals surface area contributed by atoms with Crippen molar-refractivity contribution >= 4 is 10.2 Å². The van der Waals surface area contributed by atoms with E-state index in [1.807, 2.05) is 0 Å². The predicted octanol–water partition coefficient (Wildman–Crippen LogP) is 0.810. The highest BCUT2D eigenvalue weighted by Gasteiger charge is 2.38. The van der Waals surface area contributed by atoms with Crippen molar-refractivity contribution < 1.29 is 8.42 Å². The molecule has 0 unspecified atom stereocenters. The van der Waals surface area contributed by atoms with E-state index in [-0.39, 0.29) is 6.04 Å². The Morgan fingerprint density at radius 3 is 2.68 bits per heavy atom. The van der Waals surface area contributed by atoms with Gasteiger partial charge >= 0.3 is 0 Å². The zero-order valence-electron chi connectivity index (χ0n) is 12.5. The second-order valence-corrected chi connectivity index (χ2v) is 7.38. The summed E-state index contributed by atoms with van der Waals surface area (Å²) in [5.41, 5.74) is 1.23. The lowest BCUT2D eigenvalue weighted by Crippen LogP contribution is -2.39. The van der Waals surface area contributed by atoms with Crippen molar-refractivity contribution in [2.75, 3.05) is 20.6 Å². The molecule has 9 heteroatoms. The maximum absolute atomic E-state index is 12.5. The number of imidazole rings is 1. The summed E-state index contributed by atoms with van der Waals surface area (Å²) in [5, 5.41) is 0. The average molecular weight is 322 g/mol. The fourth-order valence-electron chi connectivity index (χ4n) is 2.67. The van der Waals surface area contributed by atoms with E-state index in [9.17, 15) is 8.42 Å². The Morgan fingerprint density at radius 2 is 2.00 bits per heavy atom. The molecule has 0 saturated carbocycles. The first-order valence-corrected chi connectivity index (χ1v) is 8.41. The molecule has 1 fully saturated rings. The monoisotopic (exact) mass is 322 g/mol. The minimum Gasteiger partial charge on any atom is -0.343 e. The van der Waals surface area contributed by atoms with E-state index in [2.05, 4.69) is 19.9 Å². The molecule has 0 amide bonds. The summed E-state index contributed by atoms with van der Waals surface area (Å²) in [7, 11) is -0.418. The zero-order valence-corrected chi connectivity index (χ0v) is 13.3. The number of hydrogen-bond donors (Lipinski definition) is 1. The van der Waals surface area contributed by atoms with Crippen molar-refractivity contribution in [3.63, 3.8) is 0 Å². The van der Waals surface area contributed by atoms with Crippen molar-refractivity contribution in [3.05, 3.63) is 30.5 Å². The summed E-state index contributed by atoms with van der Waals surface area (Å²) in [4.78, 5) is 15.9. The molecule has 0 bridgehead atoms. The zero-order chi connectivity index (χ0) is 15.7. The fraction of sp³-hybridized carbons (Fsp3) is 0.462. The van der Waals surface area contributed by atoms with Crippen LogP contribution in [0.15, 0.2) is 24.8 Å². The molecule has 2 aromatic heterocycles. The van der Waals surface area contributed by atoms with Crippen LogP contribution in [0.4, 0.5) is 0 Å². The Balaban J connectivity index is 2.05. The van der Waals surface area contributed by atoms with Gasteiger partial charge < -0.3 is 4.98 Å². The number of aromatic nitrogens is 4. The van der Waals surface area contributed by atoms with Crippen molar-refractivity contribution in [2.45, 2.75) is 18.9 Å². The number of nitrogens with zero attached hydrogens (tertiary/aromatic N) is 5. The van der Waals surface area contributed by atoms with Crippen molar-refractivity contribution in [1.29, 1.82) is 0 Å². The van der Waals surface area contributed by atoms with E-state index < -0.39 is 10.2 Å². The van der Waals surface area contributed by atoms with E-state index >= 15 is 0 Å². The van der Waals surface area contributed by atoms with Crippen molar-refractivity contribution in [1.82, 2.24) is 28.5 Å². The first kappa shape index (κ1) is 15.1. The Kier molecular flexibility index (Phi) is 3.94. The average Bonchev–Trinajstić information content (AvgIpc) is 3.18. The number of nitrogens with one attached hydrogen (secondary N) is 1. The molecule has 0 spiro atoms. The van der Waals surface area contributed by atoms with Crippen LogP contribution in [0.5, 0.6) is 0 Å². The molecule has 1 aliphatic heterocycles. The van der Waals surface area contributed by atoms with E-state index in [1.165, 1.54) is 22.7 Å². The summed E-state index contributed by atoms with van der Waals surface area (Å²) in [5.74, 6) is 0.595. The normalized spacial score (nSPS) is 19.9. The molecule has 3 heterocycles. The predicted molar refractivity (Wildman–Crippen MR) is 80.9 cm³/mol. The molecule has 1 N–H and O–H groups in total. The molecule has 8 nitrogen and oxygen atoms in total. The lowest BCUT2D eigenvalue weighted by atomic mass is 10.1. The van der Waals surface area contributed by atoms with Gasteiger partial charge in [0, 0.05) is 45.4 Å². The standard InChI is InChI=1S/C13H18N6O2S/c1-18(2)22(20,21)19-9-3-4-10(19)11-12(15-6-5-14-11)13-16-7-8-17-13/h5-8,10H,3-4,9H2,1-2H3,(H,16,17)/t10-/m0/s1. The van der Waals surface area contributed by atoms with Gasteiger partial charge in [0.05, 0.1) is 11.7 Å². The minimum atomic E-state index is -3.49. The summed E-state index contributed by atoms with van der Waals surface area (Å²) >= 11 is 0. The van der Waals surface area contributed by atoms with Crippen LogP contribution >= 0.6 is 0 Å². The summed E-state index contributed by atoms with van der Waals surface area (Å²) in [6.45, 7) is 0.485. The second kappa shape index (κ2) is 5.75. The van der Waals surface area contributed by atoms with Crippen LogP contribution in [0, 0.1) is 0 Å². The molecule has 22 heavy (non-hydrogen) atoms. The third-order valence-electron chi connectivity index (χ3n) is 3.73. The van der Waals surface area contributed by atoms with Crippen LogP contribution in [0.1, 0.15) is 24.6 Å². The molecular weight excluding hydrogens is 304 g/mol. The Bertz CT molecular complexity index is 744. The van der Waals surface area contributed by atoms with Crippen LogP contribution in [0.25, 0.3) is 11.5 Å². The first-order valence-electron chi connectivity index (χ1n) is 7.02. The van der Waals surface area contributed by atoms with Crippen LogP contribution in [0.3, 0.4) is 0 Å². The molecule has 0 aromatic carbocycles. The van der Waals surface area contributed by atoms with E-state index in [4.69, 9.17) is 0 Å². The Hall–Kier alpha value is -1.84. The highest BCUT2D eigenvalue weighted by Crippen LogP contribution is 2.36. The number of rotatable bonds is 4. The van der Waals surface area contributed by atoms with Gasteiger partial charge in [0.1, 0.15) is 5.69 Å². The van der Waals surface area contributed by atoms with Gasteiger partial charge in [-0.2, -0.15) is 17.0 Å². The van der Waals surface area contributed by atoms with Crippen molar-refractivity contribution in [2.24, 2.45) is 0 Å². The summed E-state index contributed by atoms with van der Waals surface area (Å²) < 4.78 is 27.7. The second-order valence-electron chi connectivity index (χ2n) is 5.29. The van der Waals surface area contributed by atoms with Crippen molar-refractivity contribution in [3.8, 4) is 11.5 Å². The van der Waals surface area contributed by atoms with E-state index in [1.54, 1.807) is 24.8 Å². The van der Waals surface area contributed by atoms with Gasteiger partial charge in [-0.3, -0.25) is 4.98 Å². The van der Waals surface area contributed by atoms with Crippen LogP contribution in [-0.2, 0) is 10.2 Å².